The van der Waals surface area contributed by atoms with Gasteiger partial charge in [-0.3, -0.25) is 18.9 Å². The molecule has 2 aromatic heterocycles. The molecule has 0 radical (unpaired) electrons. The van der Waals surface area contributed by atoms with Gasteiger partial charge in [-0.05, 0) is 44.9 Å². The van der Waals surface area contributed by atoms with E-state index in [2.05, 4.69) is 4.90 Å². The molecule has 0 saturated carbocycles. The summed E-state index contributed by atoms with van der Waals surface area (Å²) < 4.78 is 13.6. The average molecular weight is 487 g/mol. The van der Waals surface area contributed by atoms with E-state index in [1.165, 1.54) is 16.2 Å². The Balaban J connectivity index is 1.56. The van der Waals surface area contributed by atoms with Gasteiger partial charge in [0.1, 0.15) is 15.8 Å². The van der Waals surface area contributed by atoms with Gasteiger partial charge in [0, 0.05) is 25.9 Å². The maximum absolute atomic E-state index is 13.5. The lowest BCUT2D eigenvalue weighted by Crippen LogP contribution is -2.46. The summed E-state index contributed by atoms with van der Waals surface area (Å²) in [6.07, 6.45) is 5.28. The molecule has 10 heteroatoms. The third-order valence-electron chi connectivity index (χ3n) is 6.03. The molecule has 174 valence electrons. The number of carbonyl (C=O) groups is 1. The summed E-state index contributed by atoms with van der Waals surface area (Å²) in [5.74, 6) is 0.380. The minimum atomic E-state index is -0.216. The SMILES string of the molecule is C[C@@H]1CN(c2nc3ccccn3c(=O)c2/C=C2/SC(=S)N(C[C@@H]3CCCO3)C2=O)C[C@@H](C)O1. The zero-order chi connectivity index (χ0) is 23.1. The summed E-state index contributed by atoms with van der Waals surface area (Å²) in [6.45, 7) is 6.40. The van der Waals surface area contributed by atoms with Crippen molar-refractivity contribution in [2.24, 2.45) is 0 Å². The fourth-order valence-electron chi connectivity index (χ4n) is 4.59. The van der Waals surface area contributed by atoms with E-state index in [-0.39, 0.29) is 29.8 Å². The molecule has 0 spiro atoms. The molecule has 0 bridgehead atoms. The van der Waals surface area contributed by atoms with Crippen LogP contribution < -0.4 is 10.5 Å². The van der Waals surface area contributed by atoms with Crippen molar-refractivity contribution in [1.29, 1.82) is 0 Å². The van der Waals surface area contributed by atoms with Crippen LogP contribution in [0.25, 0.3) is 11.7 Å². The molecular formula is C23H26N4O4S2. The predicted molar refractivity (Wildman–Crippen MR) is 133 cm³/mol. The van der Waals surface area contributed by atoms with Gasteiger partial charge < -0.3 is 14.4 Å². The number of fused-ring (bicyclic) bond motifs is 1. The van der Waals surface area contributed by atoms with Crippen LogP contribution in [0.3, 0.4) is 0 Å². The van der Waals surface area contributed by atoms with Crippen LogP contribution in [0.4, 0.5) is 5.82 Å². The van der Waals surface area contributed by atoms with Gasteiger partial charge >= 0.3 is 0 Å². The van der Waals surface area contributed by atoms with Crippen molar-refractivity contribution in [2.75, 3.05) is 31.1 Å². The van der Waals surface area contributed by atoms with Crippen LogP contribution >= 0.6 is 24.0 Å². The summed E-state index contributed by atoms with van der Waals surface area (Å²) >= 11 is 6.71. The molecule has 5 heterocycles. The molecule has 5 rings (SSSR count). The van der Waals surface area contributed by atoms with Crippen molar-refractivity contribution in [2.45, 2.75) is 45.0 Å². The number of morpholine rings is 1. The lowest BCUT2D eigenvalue weighted by atomic mass is 10.1. The molecule has 3 aliphatic heterocycles. The van der Waals surface area contributed by atoms with Gasteiger partial charge in [-0.1, -0.05) is 30.0 Å². The van der Waals surface area contributed by atoms with E-state index in [4.69, 9.17) is 26.7 Å². The zero-order valence-corrected chi connectivity index (χ0v) is 20.2. The molecule has 2 aromatic rings. The number of ether oxygens (including phenoxy) is 2. The molecule has 0 aromatic carbocycles. The largest absolute Gasteiger partial charge is 0.376 e. The standard InChI is InChI=1S/C23H26N4O4S2/c1-14-11-25(12-15(2)31-14)20-17(21(28)26-8-4-3-7-19(26)24-20)10-18-22(29)27(23(32)33-18)13-16-6-5-9-30-16/h3-4,7-8,10,14-16H,5-6,9,11-13H2,1-2H3/b18-10+/t14-,15-,16+/m1/s1. The number of anilines is 1. The summed E-state index contributed by atoms with van der Waals surface area (Å²) in [7, 11) is 0. The van der Waals surface area contributed by atoms with Gasteiger partial charge in [-0.25, -0.2) is 4.98 Å². The van der Waals surface area contributed by atoms with Crippen molar-refractivity contribution >= 4 is 51.7 Å². The van der Waals surface area contributed by atoms with Crippen LogP contribution in [-0.4, -0.2) is 69.1 Å². The Morgan fingerprint density at radius 3 is 2.76 bits per heavy atom. The Hall–Kier alpha value is -2.27. The van der Waals surface area contributed by atoms with Crippen molar-refractivity contribution in [1.82, 2.24) is 14.3 Å². The van der Waals surface area contributed by atoms with E-state index >= 15 is 0 Å². The van der Waals surface area contributed by atoms with Crippen molar-refractivity contribution < 1.29 is 14.3 Å². The molecule has 3 saturated heterocycles. The normalized spacial score (nSPS) is 27.3. The summed E-state index contributed by atoms with van der Waals surface area (Å²) in [4.78, 5) is 35.6. The van der Waals surface area contributed by atoms with Gasteiger partial charge in [0.2, 0.25) is 0 Å². The number of amides is 1. The third kappa shape index (κ3) is 4.44. The number of pyridine rings is 1. The van der Waals surface area contributed by atoms with Crippen molar-refractivity contribution in [3.05, 3.63) is 45.2 Å². The quantitative estimate of drug-likeness (QED) is 0.482. The molecule has 8 nitrogen and oxygen atoms in total. The summed E-state index contributed by atoms with van der Waals surface area (Å²) in [5, 5.41) is 0. The minimum Gasteiger partial charge on any atom is -0.376 e. The van der Waals surface area contributed by atoms with Gasteiger partial charge in [0.15, 0.2) is 0 Å². The van der Waals surface area contributed by atoms with Crippen LogP contribution in [0.1, 0.15) is 32.3 Å². The molecule has 33 heavy (non-hydrogen) atoms. The number of thioether (sulfide) groups is 1. The first-order valence-electron chi connectivity index (χ1n) is 11.2. The maximum atomic E-state index is 13.5. The number of thiocarbonyl (C=S) groups is 1. The summed E-state index contributed by atoms with van der Waals surface area (Å²) in [5.41, 5.74) is 0.733. The number of aromatic nitrogens is 2. The van der Waals surface area contributed by atoms with E-state index in [0.717, 1.165) is 12.8 Å². The Labute approximate surface area is 201 Å². The monoisotopic (exact) mass is 486 g/mol. The molecular weight excluding hydrogens is 460 g/mol. The van der Waals surface area contributed by atoms with Gasteiger partial charge in [0.25, 0.3) is 11.5 Å². The highest BCUT2D eigenvalue weighted by atomic mass is 32.2. The third-order valence-corrected chi connectivity index (χ3v) is 7.41. The second-order valence-corrected chi connectivity index (χ2v) is 10.3. The predicted octanol–water partition coefficient (Wildman–Crippen LogP) is 2.69. The van der Waals surface area contributed by atoms with Crippen LogP contribution in [-0.2, 0) is 14.3 Å². The number of carbonyl (C=O) groups excluding carboxylic acids is 1. The lowest BCUT2D eigenvalue weighted by Gasteiger charge is -2.36. The highest BCUT2D eigenvalue weighted by Gasteiger charge is 2.35. The fourth-order valence-corrected chi connectivity index (χ4v) is 5.85. The average Bonchev–Trinajstić information content (AvgIpc) is 3.39. The van der Waals surface area contributed by atoms with Crippen molar-refractivity contribution in [3.8, 4) is 0 Å². The molecule has 0 aliphatic carbocycles. The zero-order valence-electron chi connectivity index (χ0n) is 18.6. The first kappa shape index (κ1) is 22.5. The lowest BCUT2D eigenvalue weighted by molar-refractivity contribution is -0.123. The fraction of sp³-hybridized carbons (Fsp3) is 0.478. The van der Waals surface area contributed by atoms with Crippen LogP contribution in [0.15, 0.2) is 34.1 Å². The molecule has 0 N–H and O–H groups in total. The minimum absolute atomic E-state index is 0.00208. The van der Waals surface area contributed by atoms with E-state index in [9.17, 15) is 9.59 Å². The van der Waals surface area contributed by atoms with Crippen molar-refractivity contribution in [3.63, 3.8) is 0 Å². The molecule has 3 atom stereocenters. The number of hydrogen-bond donors (Lipinski definition) is 0. The van der Waals surface area contributed by atoms with Crippen LogP contribution in [0.2, 0.25) is 0 Å². The Bertz CT molecular complexity index is 1180. The molecule has 0 unspecified atom stereocenters. The van der Waals surface area contributed by atoms with Gasteiger partial charge in [-0.15, -0.1) is 0 Å². The van der Waals surface area contributed by atoms with Crippen LogP contribution in [0, 0.1) is 0 Å². The number of hydrogen-bond acceptors (Lipinski definition) is 8. The maximum Gasteiger partial charge on any atom is 0.267 e. The number of nitrogens with zero attached hydrogens (tertiary/aromatic N) is 4. The Kier molecular flexibility index (Phi) is 6.26. The van der Waals surface area contributed by atoms with Crippen LogP contribution in [0.5, 0.6) is 0 Å². The van der Waals surface area contributed by atoms with Gasteiger partial charge in [-0.2, -0.15) is 0 Å². The molecule has 3 aliphatic rings. The van der Waals surface area contributed by atoms with E-state index in [1.807, 2.05) is 26.0 Å². The highest BCUT2D eigenvalue weighted by Crippen LogP contribution is 2.34. The smallest absolute Gasteiger partial charge is 0.267 e. The first-order chi connectivity index (χ1) is 15.9. The van der Waals surface area contributed by atoms with E-state index in [1.54, 1.807) is 23.2 Å². The first-order valence-corrected chi connectivity index (χ1v) is 12.4. The second-order valence-electron chi connectivity index (χ2n) is 8.67. The van der Waals surface area contributed by atoms with E-state index in [0.29, 0.717) is 52.5 Å². The molecule has 1 amide bonds. The Morgan fingerprint density at radius 2 is 2.03 bits per heavy atom. The second kappa shape index (κ2) is 9.17. The van der Waals surface area contributed by atoms with E-state index < -0.39 is 0 Å². The Morgan fingerprint density at radius 1 is 1.24 bits per heavy atom. The number of rotatable bonds is 4. The topological polar surface area (TPSA) is 76.4 Å². The van der Waals surface area contributed by atoms with Gasteiger partial charge in [0.05, 0.1) is 35.3 Å². The highest BCUT2D eigenvalue weighted by molar-refractivity contribution is 8.26. The molecule has 3 fully saturated rings. The summed E-state index contributed by atoms with van der Waals surface area (Å²) in [6, 6.07) is 5.45.